The molecule has 5 nitrogen and oxygen atoms in total. The summed E-state index contributed by atoms with van der Waals surface area (Å²) >= 11 is 6.17. The summed E-state index contributed by atoms with van der Waals surface area (Å²) in [6.45, 7) is 1.53. The molecule has 3 heterocycles. The van der Waals surface area contributed by atoms with Crippen LogP contribution in [0.3, 0.4) is 0 Å². The summed E-state index contributed by atoms with van der Waals surface area (Å²) in [7, 11) is 0. The molecule has 0 radical (unpaired) electrons. The second kappa shape index (κ2) is 7.57. The fourth-order valence-corrected chi connectivity index (χ4v) is 4.57. The van der Waals surface area contributed by atoms with Gasteiger partial charge in [0.15, 0.2) is 0 Å². The Balaban J connectivity index is 1.37. The van der Waals surface area contributed by atoms with Crippen molar-refractivity contribution >= 4 is 11.6 Å². The van der Waals surface area contributed by atoms with Crippen molar-refractivity contribution in [2.75, 3.05) is 0 Å². The summed E-state index contributed by atoms with van der Waals surface area (Å²) < 4.78 is 6.16. The van der Waals surface area contributed by atoms with E-state index in [0.717, 1.165) is 67.2 Å². The van der Waals surface area contributed by atoms with Crippen molar-refractivity contribution in [1.82, 2.24) is 20.5 Å². The van der Waals surface area contributed by atoms with Crippen molar-refractivity contribution in [1.29, 1.82) is 0 Å². The van der Waals surface area contributed by atoms with Gasteiger partial charge in [0.2, 0.25) is 0 Å². The second-order valence-corrected chi connectivity index (χ2v) is 8.07. The van der Waals surface area contributed by atoms with Crippen LogP contribution in [0.15, 0.2) is 42.6 Å². The summed E-state index contributed by atoms with van der Waals surface area (Å²) in [5.41, 5.74) is 5.58. The Morgan fingerprint density at radius 3 is 2.68 bits per heavy atom. The van der Waals surface area contributed by atoms with Gasteiger partial charge < -0.3 is 10.1 Å². The molecule has 144 valence electrons. The molecule has 1 aromatic carbocycles. The maximum Gasteiger partial charge on any atom is 0.119 e. The topological polar surface area (TPSA) is 62.8 Å². The number of pyridine rings is 1. The maximum atomic E-state index is 6.17. The molecule has 1 saturated carbocycles. The highest BCUT2D eigenvalue weighted by Crippen LogP contribution is 2.40. The van der Waals surface area contributed by atoms with E-state index >= 15 is 0 Å². The minimum absolute atomic E-state index is 0.280. The predicted molar refractivity (Wildman–Crippen MR) is 109 cm³/mol. The summed E-state index contributed by atoms with van der Waals surface area (Å²) in [6.07, 6.45) is 6.25. The van der Waals surface area contributed by atoms with Crippen molar-refractivity contribution in [3.05, 3.63) is 64.6 Å². The van der Waals surface area contributed by atoms with Crippen LogP contribution in [0.25, 0.3) is 11.3 Å². The number of aromatic nitrogens is 3. The van der Waals surface area contributed by atoms with Gasteiger partial charge in [0.25, 0.3) is 0 Å². The minimum atomic E-state index is 0.280. The van der Waals surface area contributed by atoms with Crippen LogP contribution < -0.4 is 10.1 Å². The van der Waals surface area contributed by atoms with Crippen LogP contribution in [0, 0.1) is 0 Å². The standard InChI is InChI=1S/C22H23ClN4O/c23-16-10-15-11-24-13-19-20(21(15)25-12-16)22(27-26-19)14-6-8-18(9-7-14)28-17-4-2-1-3-5-17/h1-5,10,12,14,18,24H,6-9,11,13H2,(H,26,27). The van der Waals surface area contributed by atoms with E-state index in [1.165, 1.54) is 5.56 Å². The number of halogens is 1. The van der Waals surface area contributed by atoms with E-state index in [2.05, 4.69) is 15.4 Å². The smallest absolute Gasteiger partial charge is 0.119 e. The van der Waals surface area contributed by atoms with Gasteiger partial charge in [-0.15, -0.1) is 0 Å². The molecule has 5 rings (SSSR count). The van der Waals surface area contributed by atoms with Crippen molar-refractivity contribution in [2.45, 2.75) is 50.8 Å². The molecule has 1 fully saturated rings. The molecule has 0 saturated heterocycles. The molecule has 3 aromatic rings. The van der Waals surface area contributed by atoms with Crippen molar-refractivity contribution in [2.24, 2.45) is 0 Å². The molecule has 28 heavy (non-hydrogen) atoms. The molecule has 6 heteroatoms. The lowest BCUT2D eigenvalue weighted by molar-refractivity contribution is 0.146. The van der Waals surface area contributed by atoms with Gasteiger partial charge in [-0.25, -0.2) is 0 Å². The van der Waals surface area contributed by atoms with E-state index in [1.54, 1.807) is 6.20 Å². The molecule has 2 aliphatic rings. The van der Waals surface area contributed by atoms with Gasteiger partial charge in [-0.3, -0.25) is 10.1 Å². The van der Waals surface area contributed by atoms with E-state index in [9.17, 15) is 0 Å². The van der Waals surface area contributed by atoms with Gasteiger partial charge in [0.05, 0.1) is 28.2 Å². The van der Waals surface area contributed by atoms with Crippen LogP contribution in [0.4, 0.5) is 0 Å². The molecule has 0 atom stereocenters. The normalized spacial score (nSPS) is 21.5. The van der Waals surface area contributed by atoms with Gasteiger partial charge in [0.1, 0.15) is 5.75 Å². The average Bonchev–Trinajstić information content (AvgIpc) is 3.05. The van der Waals surface area contributed by atoms with Crippen LogP contribution in [-0.4, -0.2) is 21.3 Å². The summed E-state index contributed by atoms with van der Waals surface area (Å²) in [6, 6.07) is 12.1. The first-order chi connectivity index (χ1) is 13.8. The molecule has 0 spiro atoms. The van der Waals surface area contributed by atoms with E-state index in [4.69, 9.17) is 21.4 Å². The summed E-state index contributed by atoms with van der Waals surface area (Å²) in [5.74, 6) is 1.39. The number of hydrogen-bond acceptors (Lipinski definition) is 4. The first-order valence-corrected chi connectivity index (χ1v) is 10.3. The molecule has 2 N–H and O–H groups in total. The van der Waals surface area contributed by atoms with Crippen molar-refractivity contribution in [3.63, 3.8) is 0 Å². The first-order valence-electron chi connectivity index (χ1n) is 9.92. The summed E-state index contributed by atoms with van der Waals surface area (Å²) in [4.78, 5) is 4.66. The largest absolute Gasteiger partial charge is 0.490 e. The zero-order valence-electron chi connectivity index (χ0n) is 15.6. The molecule has 1 aliphatic heterocycles. The highest BCUT2D eigenvalue weighted by atomic mass is 35.5. The Morgan fingerprint density at radius 1 is 1.04 bits per heavy atom. The Bertz CT molecular complexity index is 964. The van der Waals surface area contributed by atoms with Gasteiger partial charge in [0, 0.05) is 30.8 Å². The molecular formula is C22H23ClN4O. The fraction of sp³-hybridized carbons (Fsp3) is 0.364. The Labute approximate surface area is 169 Å². The second-order valence-electron chi connectivity index (χ2n) is 7.63. The third kappa shape index (κ3) is 3.40. The number of aromatic amines is 1. The number of hydrogen-bond donors (Lipinski definition) is 2. The van der Waals surface area contributed by atoms with Crippen molar-refractivity contribution in [3.8, 4) is 17.0 Å². The molecule has 1 aliphatic carbocycles. The highest BCUT2D eigenvalue weighted by molar-refractivity contribution is 6.30. The third-order valence-corrected chi connectivity index (χ3v) is 5.97. The Hall–Kier alpha value is -2.37. The molecule has 0 amide bonds. The molecule has 0 unspecified atom stereocenters. The number of H-pyrrole nitrogens is 1. The minimum Gasteiger partial charge on any atom is -0.490 e. The van der Waals surface area contributed by atoms with Crippen LogP contribution in [0.1, 0.15) is 48.6 Å². The van der Waals surface area contributed by atoms with Crippen LogP contribution in [0.2, 0.25) is 5.02 Å². The SMILES string of the molecule is Clc1cnc2c(c1)CNCc1[nH]nc(C3CCC(Oc4ccccc4)CC3)c1-2. The number of para-hydroxylation sites is 1. The average molecular weight is 395 g/mol. The van der Waals surface area contributed by atoms with Crippen LogP contribution in [0.5, 0.6) is 5.75 Å². The van der Waals surface area contributed by atoms with Gasteiger partial charge >= 0.3 is 0 Å². The Morgan fingerprint density at radius 2 is 1.86 bits per heavy atom. The fourth-order valence-electron chi connectivity index (χ4n) is 4.39. The van der Waals surface area contributed by atoms with Gasteiger partial charge in [-0.2, -0.15) is 5.10 Å². The molecule has 0 bridgehead atoms. The summed E-state index contributed by atoms with van der Waals surface area (Å²) in [5, 5.41) is 12.1. The van der Waals surface area contributed by atoms with Crippen LogP contribution in [-0.2, 0) is 13.1 Å². The quantitative estimate of drug-likeness (QED) is 0.667. The Kier molecular flexibility index (Phi) is 4.79. The molecule has 2 aromatic heterocycles. The maximum absolute atomic E-state index is 6.17. The number of nitrogens with zero attached hydrogens (tertiary/aromatic N) is 2. The lowest BCUT2D eigenvalue weighted by atomic mass is 9.83. The zero-order valence-corrected chi connectivity index (χ0v) is 16.4. The predicted octanol–water partition coefficient (Wildman–Crippen LogP) is 4.83. The number of benzene rings is 1. The van der Waals surface area contributed by atoms with Gasteiger partial charge in [-0.1, -0.05) is 29.8 Å². The lowest BCUT2D eigenvalue weighted by Crippen LogP contribution is -2.23. The number of fused-ring (bicyclic) bond motifs is 3. The van der Waals surface area contributed by atoms with Crippen molar-refractivity contribution < 1.29 is 4.74 Å². The van der Waals surface area contributed by atoms with E-state index in [0.29, 0.717) is 10.9 Å². The highest BCUT2D eigenvalue weighted by Gasteiger charge is 2.30. The van der Waals surface area contributed by atoms with Gasteiger partial charge in [-0.05, 0) is 49.4 Å². The van der Waals surface area contributed by atoms with E-state index in [1.807, 2.05) is 36.4 Å². The molecular weight excluding hydrogens is 372 g/mol. The van der Waals surface area contributed by atoms with E-state index in [-0.39, 0.29) is 6.10 Å². The number of nitrogens with one attached hydrogen (secondary N) is 2. The number of rotatable bonds is 3. The lowest BCUT2D eigenvalue weighted by Gasteiger charge is -2.28. The number of ether oxygens (including phenoxy) is 1. The van der Waals surface area contributed by atoms with E-state index < -0.39 is 0 Å². The van der Waals surface area contributed by atoms with Crippen LogP contribution >= 0.6 is 11.6 Å². The first kappa shape index (κ1) is 17.7. The zero-order chi connectivity index (χ0) is 18.9. The third-order valence-electron chi connectivity index (χ3n) is 5.76. The monoisotopic (exact) mass is 394 g/mol.